The summed E-state index contributed by atoms with van der Waals surface area (Å²) in [5.41, 5.74) is -3.47. The van der Waals surface area contributed by atoms with E-state index in [1.165, 1.54) is 30.3 Å². The van der Waals surface area contributed by atoms with Crippen molar-refractivity contribution in [2.75, 3.05) is 0 Å². The van der Waals surface area contributed by atoms with Gasteiger partial charge in [-0.2, -0.15) is 8.78 Å². The van der Waals surface area contributed by atoms with Gasteiger partial charge in [0.15, 0.2) is 5.60 Å². The van der Waals surface area contributed by atoms with Gasteiger partial charge in [-0.3, -0.25) is 0 Å². The van der Waals surface area contributed by atoms with Crippen LogP contribution in [0.4, 0.5) is 22.0 Å². The topological polar surface area (TPSA) is 63.8 Å². The van der Waals surface area contributed by atoms with Crippen LogP contribution in [0.25, 0.3) is 10.4 Å². The van der Waals surface area contributed by atoms with Gasteiger partial charge in [-0.25, -0.2) is 17.9 Å². The molecule has 0 aliphatic heterocycles. The second-order valence-electron chi connectivity index (χ2n) is 6.74. The van der Waals surface area contributed by atoms with Crippen LogP contribution < -0.4 is 0 Å². The van der Waals surface area contributed by atoms with E-state index in [0.717, 1.165) is 29.2 Å². The van der Waals surface area contributed by atoms with E-state index in [2.05, 4.69) is 15.5 Å². The van der Waals surface area contributed by atoms with Crippen molar-refractivity contribution in [2.45, 2.75) is 18.1 Å². The maximum absolute atomic E-state index is 15.7. The summed E-state index contributed by atoms with van der Waals surface area (Å²) in [6.07, 6.45) is 0.987. The monoisotopic (exact) mass is 452 g/mol. The number of tetrazole rings is 1. The van der Waals surface area contributed by atoms with Crippen molar-refractivity contribution in [1.29, 1.82) is 0 Å². The van der Waals surface area contributed by atoms with E-state index in [1.807, 2.05) is 0 Å². The van der Waals surface area contributed by atoms with Gasteiger partial charge >= 0.3 is 5.92 Å². The SMILES string of the molecule is OC(Cn1cnnn1)(c1ccc(F)cc1F)C(F)(F)c1ccc(-c2ccc(F)cc2)s1. The lowest BCUT2D eigenvalue weighted by Gasteiger charge is -2.35. The van der Waals surface area contributed by atoms with Crippen LogP contribution in [-0.4, -0.2) is 25.3 Å². The number of aromatic nitrogens is 4. The van der Waals surface area contributed by atoms with Crippen molar-refractivity contribution in [2.24, 2.45) is 0 Å². The first-order valence-corrected chi connectivity index (χ1v) is 9.65. The first-order valence-electron chi connectivity index (χ1n) is 8.83. The fourth-order valence-electron chi connectivity index (χ4n) is 3.15. The van der Waals surface area contributed by atoms with Crippen molar-refractivity contribution in [3.8, 4) is 10.4 Å². The molecule has 1 N–H and O–H groups in total. The Labute approximate surface area is 176 Å². The molecule has 4 rings (SSSR count). The summed E-state index contributed by atoms with van der Waals surface area (Å²) in [5, 5.41) is 21.3. The van der Waals surface area contributed by atoms with E-state index in [0.29, 0.717) is 27.8 Å². The molecule has 0 aliphatic rings. The van der Waals surface area contributed by atoms with Crippen molar-refractivity contribution in [3.63, 3.8) is 0 Å². The molecule has 0 fully saturated rings. The smallest absolute Gasteiger partial charge is 0.316 e. The fraction of sp³-hybridized carbons (Fsp3) is 0.150. The Hall–Kier alpha value is -3.18. The summed E-state index contributed by atoms with van der Waals surface area (Å²) in [6, 6.07) is 9.66. The van der Waals surface area contributed by atoms with Crippen LogP contribution in [0.5, 0.6) is 0 Å². The molecule has 0 radical (unpaired) electrons. The van der Waals surface area contributed by atoms with Gasteiger partial charge in [-0.15, -0.1) is 16.4 Å². The quantitative estimate of drug-likeness (QED) is 0.438. The van der Waals surface area contributed by atoms with Crippen molar-refractivity contribution in [3.05, 3.63) is 88.8 Å². The van der Waals surface area contributed by atoms with Crippen LogP contribution in [0, 0.1) is 17.5 Å². The van der Waals surface area contributed by atoms with Crippen LogP contribution >= 0.6 is 11.3 Å². The van der Waals surface area contributed by atoms with E-state index < -0.39 is 46.0 Å². The molecule has 0 saturated heterocycles. The Morgan fingerprint density at radius 2 is 1.65 bits per heavy atom. The molecule has 5 nitrogen and oxygen atoms in total. The van der Waals surface area contributed by atoms with Gasteiger partial charge < -0.3 is 5.11 Å². The number of rotatable bonds is 6. The standard InChI is InChI=1S/C20H13F5N4OS/c21-13-3-1-12(2-4-13)17-7-8-18(31-17)20(24,25)19(30,10-29-11-26-27-28-29)15-6-5-14(22)9-16(15)23/h1-9,11,30H,10H2. The summed E-state index contributed by atoms with van der Waals surface area (Å²) in [5.74, 6) is -6.83. The maximum Gasteiger partial charge on any atom is 0.316 e. The Bertz CT molecular complexity index is 1200. The zero-order chi connectivity index (χ0) is 22.2. The molecular weight excluding hydrogens is 439 g/mol. The van der Waals surface area contributed by atoms with Crippen LogP contribution in [0.15, 0.2) is 60.9 Å². The zero-order valence-corrected chi connectivity index (χ0v) is 16.3. The van der Waals surface area contributed by atoms with E-state index in [4.69, 9.17) is 0 Å². The molecule has 0 saturated carbocycles. The van der Waals surface area contributed by atoms with Crippen LogP contribution in [0.2, 0.25) is 0 Å². The molecule has 0 bridgehead atoms. The first-order chi connectivity index (χ1) is 14.7. The number of benzene rings is 2. The molecule has 1 atom stereocenters. The lowest BCUT2D eigenvalue weighted by atomic mass is 9.85. The molecule has 4 aromatic rings. The molecule has 2 aromatic heterocycles. The van der Waals surface area contributed by atoms with Gasteiger partial charge in [-0.1, -0.05) is 12.1 Å². The van der Waals surface area contributed by atoms with Crippen LogP contribution in [0.3, 0.4) is 0 Å². The zero-order valence-electron chi connectivity index (χ0n) is 15.5. The van der Waals surface area contributed by atoms with E-state index >= 15 is 8.78 Å². The third kappa shape index (κ3) is 3.81. The lowest BCUT2D eigenvalue weighted by Crippen LogP contribution is -2.47. The minimum Gasteiger partial charge on any atom is -0.377 e. The number of halogens is 5. The molecule has 31 heavy (non-hydrogen) atoms. The van der Waals surface area contributed by atoms with Crippen LogP contribution in [0.1, 0.15) is 10.4 Å². The molecule has 2 aromatic carbocycles. The average molecular weight is 452 g/mol. The largest absolute Gasteiger partial charge is 0.377 e. The number of alkyl halides is 2. The van der Waals surface area contributed by atoms with E-state index in [1.54, 1.807) is 0 Å². The highest BCUT2D eigenvalue weighted by Crippen LogP contribution is 2.50. The summed E-state index contributed by atoms with van der Waals surface area (Å²) >= 11 is 0.652. The third-order valence-electron chi connectivity index (χ3n) is 4.72. The highest BCUT2D eigenvalue weighted by molar-refractivity contribution is 7.15. The van der Waals surface area contributed by atoms with Crippen molar-refractivity contribution >= 4 is 11.3 Å². The summed E-state index contributed by atoms with van der Waals surface area (Å²) in [7, 11) is 0. The van der Waals surface area contributed by atoms with Crippen molar-refractivity contribution < 1.29 is 27.1 Å². The minimum atomic E-state index is -4.03. The lowest BCUT2D eigenvalue weighted by molar-refractivity contribution is -0.203. The number of hydrogen-bond acceptors (Lipinski definition) is 5. The molecular formula is C20H13F5N4OS. The Morgan fingerprint density at radius 1 is 0.935 bits per heavy atom. The fourth-order valence-corrected chi connectivity index (χ4v) is 4.21. The summed E-state index contributed by atoms with van der Waals surface area (Å²) in [6.45, 7) is -0.903. The van der Waals surface area contributed by atoms with Crippen molar-refractivity contribution in [1.82, 2.24) is 20.2 Å². The molecule has 11 heteroatoms. The normalized spacial score (nSPS) is 13.9. The minimum absolute atomic E-state index is 0.388. The van der Waals surface area contributed by atoms with Gasteiger partial charge in [-0.05, 0) is 52.4 Å². The molecule has 2 heterocycles. The second-order valence-corrected chi connectivity index (χ2v) is 7.82. The summed E-state index contributed by atoms with van der Waals surface area (Å²) < 4.78 is 73.3. The Kier molecular flexibility index (Phi) is 5.31. The summed E-state index contributed by atoms with van der Waals surface area (Å²) in [4.78, 5) is -0.190. The van der Waals surface area contributed by atoms with Gasteiger partial charge in [0, 0.05) is 16.5 Å². The highest BCUT2D eigenvalue weighted by Gasteiger charge is 2.57. The Balaban J connectivity index is 1.81. The molecule has 0 spiro atoms. The third-order valence-corrected chi connectivity index (χ3v) is 5.93. The predicted octanol–water partition coefficient (Wildman–Crippen LogP) is 4.50. The maximum atomic E-state index is 15.7. The number of nitrogens with zero attached hydrogens (tertiary/aromatic N) is 4. The molecule has 160 valence electrons. The average Bonchev–Trinajstić information content (AvgIpc) is 3.40. The number of thiophene rings is 1. The number of aliphatic hydroxyl groups is 1. The van der Waals surface area contributed by atoms with Crippen LogP contribution in [-0.2, 0) is 18.1 Å². The van der Waals surface area contributed by atoms with Gasteiger partial charge in [0.1, 0.15) is 23.8 Å². The number of hydrogen-bond donors (Lipinski definition) is 1. The van der Waals surface area contributed by atoms with E-state index in [-0.39, 0.29) is 0 Å². The van der Waals surface area contributed by atoms with E-state index in [9.17, 15) is 18.3 Å². The Morgan fingerprint density at radius 3 is 2.29 bits per heavy atom. The highest BCUT2D eigenvalue weighted by atomic mass is 32.1. The molecule has 0 amide bonds. The van der Waals surface area contributed by atoms with Gasteiger partial charge in [0.25, 0.3) is 0 Å². The second kappa shape index (κ2) is 7.82. The first kappa shape index (κ1) is 21.1. The van der Waals surface area contributed by atoms with Gasteiger partial charge in [0.2, 0.25) is 0 Å². The molecule has 0 aliphatic carbocycles. The van der Waals surface area contributed by atoms with Gasteiger partial charge in [0.05, 0.1) is 11.4 Å². The molecule has 1 unspecified atom stereocenters. The predicted molar refractivity (Wildman–Crippen MR) is 102 cm³/mol.